The van der Waals surface area contributed by atoms with E-state index in [-0.39, 0.29) is 5.91 Å². The average Bonchev–Trinajstić information content (AvgIpc) is 2.48. The summed E-state index contributed by atoms with van der Waals surface area (Å²) in [5.74, 6) is 1.04. The fourth-order valence-electron chi connectivity index (χ4n) is 4.02. The second kappa shape index (κ2) is 6.40. The lowest BCUT2D eigenvalue weighted by Crippen LogP contribution is -3.18. The van der Waals surface area contributed by atoms with E-state index in [0.29, 0.717) is 6.54 Å². The van der Waals surface area contributed by atoms with Gasteiger partial charge >= 0.3 is 0 Å². The van der Waals surface area contributed by atoms with Crippen LogP contribution in [0.1, 0.15) is 38.5 Å². The van der Waals surface area contributed by atoms with Crippen molar-refractivity contribution >= 4 is 11.6 Å². The maximum absolute atomic E-state index is 12.2. The second-order valence-electron chi connectivity index (χ2n) is 6.29. The highest BCUT2D eigenvalue weighted by Crippen LogP contribution is 2.28. The lowest BCUT2D eigenvalue weighted by molar-refractivity contribution is -0.928. The molecule has 2 aliphatic rings. The smallest absolute Gasteiger partial charge is 0.279 e. The summed E-state index contributed by atoms with van der Waals surface area (Å²) in [6, 6.07) is 10.5. The second-order valence-corrected chi connectivity index (χ2v) is 6.29. The first kappa shape index (κ1) is 13.6. The predicted octanol–water partition coefficient (Wildman–Crippen LogP) is 1.86. The van der Waals surface area contributed by atoms with E-state index in [0.717, 1.165) is 17.6 Å². The molecule has 3 rings (SSSR count). The summed E-state index contributed by atoms with van der Waals surface area (Å²) >= 11 is 0. The molecule has 1 saturated heterocycles. The van der Waals surface area contributed by atoms with Crippen molar-refractivity contribution in [2.75, 3.05) is 18.4 Å². The minimum atomic E-state index is 0.164. The van der Waals surface area contributed by atoms with Crippen LogP contribution in [0.3, 0.4) is 0 Å². The van der Waals surface area contributed by atoms with E-state index in [1.807, 2.05) is 30.3 Å². The van der Waals surface area contributed by atoms with E-state index in [2.05, 4.69) is 5.32 Å². The van der Waals surface area contributed by atoms with E-state index in [9.17, 15) is 4.79 Å². The number of anilines is 1. The van der Waals surface area contributed by atoms with Crippen molar-refractivity contribution in [1.29, 1.82) is 0 Å². The van der Waals surface area contributed by atoms with Gasteiger partial charge in [0.25, 0.3) is 5.91 Å². The highest BCUT2D eigenvalue weighted by atomic mass is 16.2. The van der Waals surface area contributed by atoms with Crippen molar-refractivity contribution in [1.82, 2.24) is 0 Å². The summed E-state index contributed by atoms with van der Waals surface area (Å²) in [4.78, 5) is 13.7. The number of carbonyl (C=O) groups excluding carboxylic acids is 1. The minimum Gasteiger partial charge on any atom is -0.324 e. The fourth-order valence-corrected chi connectivity index (χ4v) is 4.02. The molecule has 0 aromatic heterocycles. The number of hydrogen-bond acceptors (Lipinski definition) is 1. The van der Waals surface area contributed by atoms with Gasteiger partial charge in [0.2, 0.25) is 0 Å². The van der Waals surface area contributed by atoms with Crippen molar-refractivity contribution in [3.05, 3.63) is 30.3 Å². The van der Waals surface area contributed by atoms with Crippen LogP contribution in [0.4, 0.5) is 5.69 Å². The van der Waals surface area contributed by atoms with Gasteiger partial charge in [0.15, 0.2) is 6.54 Å². The van der Waals surface area contributed by atoms with Gasteiger partial charge in [0.1, 0.15) is 0 Å². The third kappa shape index (κ3) is 3.21. The van der Waals surface area contributed by atoms with Crippen molar-refractivity contribution in [3.63, 3.8) is 0 Å². The summed E-state index contributed by atoms with van der Waals surface area (Å²) in [6.07, 6.45) is 8.12. The number of nitrogens with one attached hydrogen (secondary N) is 2. The van der Waals surface area contributed by atoms with E-state index < -0.39 is 0 Å². The Kier molecular flexibility index (Phi) is 4.36. The maximum atomic E-state index is 12.2. The average molecular weight is 273 g/mol. The molecule has 0 spiro atoms. The molecule has 1 aliphatic heterocycles. The number of fused-ring (bicyclic) bond motifs is 1. The SMILES string of the molecule is O=C(C[NH+]1CCC[C@H]2CCCC[C@@H]21)Nc1ccccc1. The molecule has 1 aromatic carbocycles. The Morgan fingerprint density at radius 2 is 1.85 bits per heavy atom. The molecule has 108 valence electrons. The molecule has 0 radical (unpaired) electrons. The van der Waals surface area contributed by atoms with Crippen LogP contribution in [0.2, 0.25) is 0 Å². The molecule has 20 heavy (non-hydrogen) atoms. The summed E-state index contributed by atoms with van der Waals surface area (Å²) in [7, 11) is 0. The van der Waals surface area contributed by atoms with Gasteiger partial charge in [-0.25, -0.2) is 0 Å². The van der Waals surface area contributed by atoms with Gasteiger partial charge in [0, 0.05) is 11.6 Å². The van der Waals surface area contributed by atoms with E-state index in [1.54, 1.807) is 0 Å². The topological polar surface area (TPSA) is 33.5 Å². The van der Waals surface area contributed by atoms with Crippen molar-refractivity contribution in [2.24, 2.45) is 5.92 Å². The van der Waals surface area contributed by atoms with Crippen molar-refractivity contribution in [2.45, 2.75) is 44.6 Å². The number of likely N-dealkylation sites (tertiary alicyclic amines) is 1. The summed E-state index contributed by atoms with van der Waals surface area (Å²) in [5, 5.41) is 3.02. The van der Waals surface area contributed by atoms with Gasteiger partial charge in [-0.2, -0.15) is 0 Å². The zero-order valence-electron chi connectivity index (χ0n) is 12.1. The summed E-state index contributed by atoms with van der Waals surface area (Å²) < 4.78 is 0. The molecule has 1 aliphatic carbocycles. The number of piperidine rings is 1. The standard InChI is InChI=1S/C17H24N2O/c20-17(18-15-9-2-1-3-10-15)13-19-12-6-8-14-7-4-5-11-16(14)19/h1-3,9-10,14,16H,4-8,11-13H2,(H,18,20)/p+1/t14-,16+/m1/s1. The van der Waals surface area contributed by atoms with E-state index in [4.69, 9.17) is 0 Å². The van der Waals surface area contributed by atoms with Crippen LogP contribution in [0.5, 0.6) is 0 Å². The maximum Gasteiger partial charge on any atom is 0.279 e. The number of quaternary nitrogens is 1. The quantitative estimate of drug-likeness (QED) is 0.866. The molecule has 3 nitrogen and oxygen atoms in total. The molecule has 3 heteroatoms. The van der Waals surface area contributed by atoms with Gasteiger partial charge in [-0.3, -0.25) is 4.79 Å². The van der Waals surface area contributed by atoms with Crippen LogP contribution in [-0.4, -0.2) is 25.0 Å². The number of amides is 1. The third-order valence-corrected chi connectivity index (χ3v) is 4.95. The molecule has 3 atom stereocenters. The Bertz CT molecular complexity index is 444. The first-order valence-electron chi connectivity index (χ1n) is 8.02. The largest absolute Gasteiger partial charge is 0.324 e. The Morgan fingerprint density at radius 3 is 2.70 bits per heavy atom. The molecule has 1 unspecified atom stereocenters. The molecule has 1 heterocycles. The lowest BCUT2D eigenvalue weighted by Gasteiger charge is -2.40. The Balaban J connectivity index is 1.57. The first-order chi connectivity index (χ1) is 9.83. The Labute approximate surface area is 121 Å². The highest BCUT2D eigenvalue weighted by Gasteiger charge is 2.37. The number of benzene rings is 1. The lowest BCUT2D eigenvalue weighted by atomic mass is 9.78. The van der Waals surface area contributed by atoms with Crippen LogP contribution in [0.25, 0.3) is 0 Å². The molecular formula is C17H25N2O+. The van der Waals surface area contributed by atoms with Gasteiger partial charge < -0.3 is 10.2 Å². The molecule has 1 saturated carbocycles. The molecule has 2 N–H and O–H groups in total. The molecule has 0 bridgehead atoms. The fraction of sp³-hybridized carbons (Fsp3) is 0.588. The third-order valence-electron chi connectivity index (χ3n) is 4.95. The van der Waals surface area contributed by atoms with Crippen LogP contribution < -0.4 is 10.2 Å². The number of carbonyl (C=O) groups is 1. The number of hydrogen-bond donors (Lipinski definition) is 2. The normalized spacial score (nSPS) is 29.5. The van der Waals surface area contributed by atoms with Gasteiger partial charge in [-0.05, 0) is 44.2 Å². The van der Waals surface area contributed by atoms with Crippen LogP contribution in [0.15, 0.2) is 30.3 Å². The zero-order chi connectivity index (χ0) is 13.8. The van der Waals surface area contributed by atoms with Gasteiger partial charge in [0.05, 0.1) is 12.6 Å². The zero-order valence-corrected chi connectivity index (χ0v) is 12.1. The van der Waals surface area contributed by atoms with E-state index >= 15 is 0 Å². The van der Waals surface area contributed by atoms with Gasteiger partial charge in [-0.15, -0.1) is 0 Å². The van der Waals surface area contributed by atoms with Crippen LogP contribution in [-0.2, 0) is 4.79 Å². The number of rotatable bonds is 3. The molecular weight excluding hydrogens is 248 g/mol. The molecule has 1 aromatic rings. The predicted molar refractivity (Wildman–Crippen MR) is 80.7 cm³/mol. The first-order valence-corrected chi connectivity index (χ1v) is 8.02. The Morgan fingerprint density at radius 1 is 1.10 bits per heavy atom. The van der Waals surface area contributed by atoms with E-state index in [1.165, 1.54) is 50.0 Å². The summed E-state index contributed by atoms with van der Waals surface area (Å²) in [6.45, 7) is 1.80. The van der Waals surface area contributed by atoms with Gasteiger partial charge in [-0.1, -0.05) is 24.6 Å². The molecule has 1 amide bonds. The van der Waals surface area contributed by atoms with Crippen LogP contribution in [0, 0.1) is 5.92 Å². The molecule has 2 fully saturated rings. The van der Waals surface area contributed by atoms with Crippen LogP contribution >= 0.6 is 0 Å². The highest BCUT2D eigenvalue weighted by molar-refractivity contribution is 5.91. The number of para-hydroxylation sites is 1. The minimum absolute atomic E-state index is 0.164. The van der Waals surface area contributed by atoms with Crippen molar-refractivity contribution < 1.29 is 9.69 Å². The summed E-state index contributed by atoms with van der Waals surface area (Å²) in [5.41, 5.74) is 0.911. The van der Waals surface area contributed by atoms with Crippen molar-refractivity contribution in [3.8, 4) is 0 Å². The Hall–Kier alpha value is -1.35. The monoisotopic (exact) mass is 273 g/mol.